The van der Waals surface area contributed by atoms with Gasteiger partial charge in [-0.25, -0.2) is 4.98 Å². The van der Waals surface area contributed by atoms with Gasteiger partial charge in [-0.3, -0.25) is 0 Å². The van der Waals surface area contributed by atoms with E-state index in [1.807, 2.05) is 49.4 Å². The van der Waals surface area contributed by atoms with Crippen LogP contribution in [0.15, 0.2) is 52.9 Å². The Morgan fingerprint density at radius 3 is 2.45 bits per heavy atom. The Labute approximate surface area is 130 Å². The minimum Gasteiger partial charge on any atom is -0.487 e. The summed E-state index contributed by atoms with van der Waals surface area (Å²) < 4.78 is 11.6. The lowest BCUT2D eigenvalue weighted by Gasteiger charge is -2.07. The van der Waals surface area contributed by atoms with E-state index < -0.39 is 0 Å². The lowest BCUT2D eigenvalue weighted by Crippen LogP contribution is -1.98. The molecule has 2 aromatic carbocycles. The van der Waals surface area contributed by atoms with E-state index in [0.29, 0.717) is 12.5 Å². The van der Waals surface area contributed by atoms with Crippen molar-refractivity contribution in [1.82, 2.24) is 4.98 Å². The van der Waals surface area contributed by atoms with Crippen LogP contribution < -0.4 is 4.74 Å². The van der Waals surface area contributed by atoms with Crippen molar-refractivity contribution in [3.05, 3.63) is 71.1 Å². The lowest BCUT2D eigenvalue weighted by atomic mass is 10.1. The third-order valence-electron chi connectivity index (χ3n) is 3.77. The fourth-order valence-corrected chi connectivity index (χ4v) is 2.22. The smallest absolute Gasteiger partial charge is 0.226 e. The lowest BCUT2D eigenvalue weighted by molar-refractivity contribution is 0.299. The molecule has 0 aliphatic carbocycles. The fourth-order valence-electron chi connectivity index (χ4n) is 2.22. The summed E-state index contributed by atoms with van der Waals surface area (Å²) in [6.07, 6.45) is 0. The largest absolute Gasteiger partial charge is 0.487 e. The van der Waals surface area contributed by atoms with Gasteiger partial charge in [0, 0.05) is 5.56 Å². The van der Waals surface area contributed by atoms with E-state index in [0.717, 1.165) is 22.8 Å². The molecule has 0 N–H and O–H groups in total. The maximum atomic E-state index is 5.84. The van der Waals surface area contributed by atoms with Gasteiger partial charge in [-0.1, -0.05) is 24.3 Å². The van der Waals surface area contributed by atoms with Gasteiger partial charge in [-0.05, 0) is 56.2 Å². The Morgan fingerprint density at radius 2 is 1.73 bits per heavy atom. The van der Waals surface area contributed by atoms with Crippen molar-refractivity contribution in [2.24, 2.45) is 0 Å². The maximum absolute atomic E-state index is 5.84. The van der Waals surface area contributed by atoms with Gasteiger partial charge in [0.1, 0.15) is 23.8 Å². The number of hydrogen-bond donors (Lipinski definition) is 0. The zero-order valence-electron chi connectivity index (χ0n) is 13.1. The van der Waals surface area contributed by atoms with Crippen LogP contribution in [-0.4, -0.2) is 4.98 Å². The molecule has 3 heteroatoms. The number of nitrogens with zero attached hydrogens (tertiary/aromatic N) is 1. The highest BCUT2D eigenvalue weighted by Gasteiger charge is 2.11. The Bertz CT molecular complexity index is 775. The summed E-state index contributed by atoms with van der Waals surface area (Å²) in [6, 6.07) is 16.0. The second-order valence-electron chi connectivity index (χ2n) is 5.42. The number of oxazole rings is 1. The molecule has 0 saturated heterocycles. The molecule has 3 aromatic rings. The van der Waals surface area contributed by atoms with Crippen LogP contribution in [-0.2, 0) is 6.61 Å². The molecular weight excluding hydrogens is 274 g/mol. The molecule has 112 valence electrons. The van der Waals surface area contributed by atoms with Crippen molar-refractivity contribution in [3.63, 3.8) is 0 Å². The minimum atomic E-state index is 0.407. The fraction of sp³-hybridized carbons (Fsp3) is 0.211. The number of benzene rings is 2. The molecule has 22 heavy (non-hydrogen) atoms. The van der Waals surface area contributed by atoms with E-state index in [9.17, 15) is 0 Å². The Balaban J connectivity index is 1.76. The number of aryl methyl sites for hydroxylation is 3. The van der Waals surface area contributed by atoms with Crippen molar-refractivity contribution in [2.45, 2.75) is 27.4 Å². The number of ether oxygens (including phenoxy) is 1. The molecule has 0 radical (unpaired) electrons. The summed E-state index contributed by atoms with van der Waals surface area (Å²) in [5.41, 5.74) is 4.29. The average molecular weight is 293 g/mol. The van der Waals surface area contributed by atoms with Crippen molar-refractivity contribution in [2.75, 3.05) is 0 Å². The summed E-state index contributed by atoms with van der Waals surface area (Å²) in [7, 11) is 0. The van der Waals surface area contributed by atoms with Gasteiger partial charge in [0.25, 0.3) is 0 Å². The number of aromatic nitrogens is 1. The first-order chi connectivity index (χ1) is 10.6. The first-order valence-electron chi connectivity index (χ1n) is 7.35. The first-order valence-corrected chi connectivity index (χ1v) is 7.35. The van der Waals surface area contributed by atoms with Gasteiger partial charge in [0.05, 0.1) is 0 Å². The molecule has 1 heterocycles. The Hall–Kier alpha value is -2.55. The summed E-state index contributed by atoms with van der Waals surface area (Å²) in [6.45, 7) is 6.49. The summed E-state index contributed by atoms with van der Waals surface area (Å²) in [5, 5.41) is 0. The third kappa shape index (κ3) is 3.03. The predicted octanol–water partition coefficient (Wildman–Crippen LogP) is 4.85. The standard InChI is InChI=1S/C19H19NO2/c1-13-9-10-17(11-14(13)2)21-12-18-15(3)22-19(20-18)16-7-5-4-6-8-16/h4-11H,12H2,1-3H3. The SMILES string of the molecule is Cc1ccc(OCc2nc(-c3ccccc3)oc2C)cc1C. The first kappa shape index (κ1) is 14.4. The van der Waals surface area contributed by atoms with Gasteiger partial charge >= 0.3 is 0 Å². The predicted molar refractivity (Wildman–Crippen MR) is 86.9 cm³/mol. The van der Waals surface area contributed by atoms with Crippen molar-refractivity contribution < 1.29 is 9.15 Å². The molecule has 0 fully saturated rings. The highest BCUT2D eigenvalue weighted by molar-refractivity contribution is 5.53. The minimum absolute atomic E-state index is 0.407. The normalized spacial score (nSPS) is 10.7. The molecule has 0 atom stereocenters. The van der Waals surface area contributed by atoms with Crippen LogP contribution in [0.1, 0.15) is 22.6 Å². The second-order valence-corrected chi connectivity index (χ2v) is 5.42. The molecule has 0 aliphatic rings. The number of hydrogen-bond acceptors (Lipinski definition) is 3. The molecule has 0 saturated carbocycles. The molecule has 1 aromatic heterocycles. The summed E-state index contributed by atoms with van der Waals surface area (Å²) in [5.74, 6) is 2.28. The van der Waals surface area contributed by atoms with Crippen LogP contribution in [0, 0.1) is 20.8 Å². The zero-order chi connectivity index (χ0) is 15.5. The Kier molecular flexibility index (Phi) is 3.96. The van der Waals surface area contributed by atoms with Gasteiger partial charge < -0.3 is 9.15 Å². The van der Waals surface area contributed by atoms with Gasteiger partial charge in [0.2, 0.25) is 5.89 Å². The van der Waals surface area contributed by atoms with Crippen LogP contribution in [0.25, 0.3) is 11.5 Å². The quantitative estimate of drug-likeness (QED) is 0.690. The van der Waals surface area contributed by atoms with E-state index in [-0.39, 0.29) is 0 Å². The van der Waals surface area contributed by atoms with Crippen molar-refractivity contribution in [3.8, 4) is 17.2 Å². The van der Waals surface area contributed by atoms with Crippen molar-refractivity contribution >= 4 is 0 Å². The van der Waals surface area contributed by atoms with Crippen LogP contribution in [0.3, 0.4) is 0 Å². The van der Waals surface area contributed by atoms with Crippen LogP contribution in [0.2, 0.25) is 0 Å². The second kappa shape index (κ2) is 6.06. The highest BCUT2D eigenvalue weighted by atomic mass is 16.5. The van der Waals surface area contributed by atoms with Crippen LogP contribution >= 0.6 is 0 Å². The molecule has 0 spiro atoms. The van der Waals surface area contributed by atoms with Crippen molar-refractivity contribution in [1.29, 1.82) is 0 Å². The molecule has 0 bridgehead atoms. The molecular formula is C19H19NO2. The molecule has 3 rings (SSSR count). The van der Waals surface area contributed by atoms with E-state index in [1.165, 1.54) is 11.1 Å². The topological polar surface area (TPSA) is 35.3 Å². The van der Waals surface area contributed by atoms with Crippen LogP contribution in [0.5, 0.6) is 5.75 Å². The molecule has 3 nitrogen and oxygen atoms in total. The third-order valence-corrected chi connectivity index (χ3v) is 3.77. The van der Waals surface area contributed by atoms with Gasteiger partial charge in [0.15, 0.2) is 0 Å². The molecule has 0 aliphatic heterocycles. The van der Waals surface area contributed by atoms with E-state index in [2.05, 4.69) is 24.9 Å². The molecule has 0 unspecified atom stereocenters. The van der Waals surface area contributed by atoms with Gasteiger partial charge in [-0.2, -0.15) is 0 Å². The van der Waals surface area contributed by atoms with Crippen LogP contribution in [0.4, 0.5) is 0 Å². The van der Waals surface area contributed by atoms with Gasteiger partial charge in [-0.15, -0.1) is 0 Å². The highest BCUT2D eigenvalue weighted by Crippen LogP contribution is 2.23. The maximum Gasteiger partial charge on any atom is 0.226 e. The Morgan fingerprint density at radius 1 is 0.955 bits per heavy atom. The molecule has 0 amide bonds. The number of rotatable bonds is 4. The average Bonchev–Trinajstić information content (AvgIpc) is 2.90. The zero-order valence-corrected chi connectivity index (χ0v) is 13.1. The summed E-state index contributed by atoms with van der Waals surface area (Å²) >= 11 is 0. The summed E-state index contributed by atoms with van der Waals surface area (Å²) in [4.78, 5) is 4.54. The monoisotopic (exact) mass is 293 g/mol. The van der Waals surface area contributed by atoms with E-state index in [1.54, 1.807) is 0 Å². The van der Waals surface area contributed by atoms with E-state index in [4.69, 9.17) is 9.15 Å². The van der Waals surface area contributed by atoms with E-state index >= 15 is 0 Å².